The normalized spacial score (nSPS) is 10.9. The molecule has 0 aliphatic rings. The monoisotopic (exact) mass is 387 g/mol. The third-order valence-electron chi connectivity index (χ3n) is 4.12. The number of nitrogen functional groups attached to an aromatic ring is 1. The van der Waals surface area contributed by atoms with Gasteiger partial charge in [-0.15, -0.1) is 0 Å². The predicted octanol–water partition coefficient (Wildman–Crippen LogP) is 1.63. The summed E-state index contributed by atoms with van der Waals surface area (Å²) in [5.41, 5.74) is 7.56. The van der Waals surface area contributed by atoms with Gasteiger partial charge in [0.1, 0.15) is 16.7 Å². The fourth-order valence-corrected chi connectivity index (χ4v) is 2.91. The van der Waals surface area contributed by atoms with Crippen molar-refractivity contribution in [2.45, 2.75) is 19.9 Å². The van der Waals surface area contributed by atoms with E-state index in [1.54, 1.807) is 25.3 Å². The van der Waals surface area contributed by atoms with E-state index in [9.17, 15) is 4.79 Å². The van der Waals surface area contributed by atoms with Crippen LogP contribution in [0, 0.1) is 13.5 Å². The van der Waals surface area contributed by atoms with Gasteiger partial charge < -0.3 is 20.7 Å². The largest absolute Gasteiger partial charge is 0.395 e. The van der Waals surface area contributed by atoms with Gasteiger partial charge in [0.2, 0.25) is 0 Å². The molecule has 0 spiro atoms. The van der Waals surface area contributed by atoms with Gasteiger partial charge in [-0.05, 0) is 19.4 Å². The highest BCUT2D eigenvalue weighted by Crippen LogP contribution is 2.33. The molecule has 0 aliphatic heterocycles. The van der Waals surface area contributed by atoms with Gasteiger partial charge in [0, 0.05) is 24.8 Å². The van der Waals surface area contributed by atoms with Crippen molar-refractivity contribution in [3.05, 3.63) is 56.4 Å². The van der Waals surface area contributed by atoms with Crippen molar-refractivity contribution in [3.8, 4) is 0 Å². The number of nitrogens with two attached hydrogens (primary N) is 1. The number of aliphatic hydroxyl groups excluding tert-OH is 1. The molecule has 0 aromatic carbocycles. The maximum atomic E-state index is 12.3. The van der Waals surface area contributed by atoms with E-state index in [2.05, 4.69) is 20.2 Å². The molecule has 0 aliphatic carbocycles. The van der Waals surface area contributed by atoms with E-state index >= 15 is 0 Å². The summed E-state index contributed by atoms with van der Waals surface area (Å²) in [4.78, 5) is 20.1. The molecule has 0 unspecified atom stereocenters. The minimum absolute atomic E-state index is 0.106. The summed E-state index contributed by atoms with van der Waals surface area (Å²) in [6.07, 6.45) is 2.05. The van der Waals surface area contributed by atoms with Gasteiger partial charge in [0.05, 0.1) is 18.9 Å². The van der Waals surface area contributed by atoms with Crippen LogP contribution >= 0.6 is 11.6 Å². The summed E-state index contributed by atoms with van der Waals surface area (Å²) in [6.45, 7) is 9.62. The van der Waals surface area contributed by atoms with Crippen LogP contribution in [0.3, 0.4) is 0 Å². The fourth-order valence-electron chi connectivity index (χ4n) is 2.75. The molecule has 27 heavy (non-hydrogen) atoms. The van der Waals surface area contributed by atoms with Crippen LogP contribution in [-0.4, -0.2) is 37.4 Å². The number of fused-ring (bicyclic) bond motifs is 1. The second-order valence-electron chi connectivity index (χ2n) is 5.87. The molecule has 3 aromatic heterocycles. The smallest absolute Gasteiger partial charge is 0.268 e. The van der Waals surface area contributed by atoms with Gasteiger partial charge in [-0.1, -0.05) is 17.7 Å². The summed E-state index contributed by atoms with van der Waals surface area (Å²) in [7, 11) is 0. The molecular weight excluding hydrogens is 370 g/mol. The van der Waals surface area contributed by atoms with Crippen LogP contribution in [0.5, 0.6) is 0 Å². The van der Waals surface area contributed by atoms with Crippen molar-refractivity contribution >= 4 is 34.6 Å². The standard InChI is InChI=1S/C17H18ClN7O2/c1-10-12(18)16-22-15(13(20-2)14(19)25(16)23-10)21-6-5-11-4-3-7-24(8-9-26)17(11)27/h3-4,7,26H,5-6,8-9,19H2,1H3,(H,21,22). The van der Waals surface area contributed by atoms with E-state index in [4.69, 9.17) is 29.0 Å². The number of hydrogen-bond donors (Lipinski definition) is 3. The van der Waals surface area contributed by atoms with Crippen LogP contribution in [-0.2, 0) is 13.0 Å². The van der Waals surface area contributed by atoms with E-state index < -0.39 is 0 Å². The molecule has 10 heteroatoms. The number of anilines is 2. The van der Waals surface area contributed by atoms with Gasteiger partial charge in [0.25, 0.3) is 11.2 Å². The van der Waals surface area contributed by atoms with Crippen LogP contribution in [0.25, 0.3) is 10.5 Å². The summed E-state index contributed by atoms with van der Waals surface area (Å²) in [5.74, 6) is 0.445. The molecule has 4 N–H and O–H groups in total. The first kappa shape index (κ1) is 18.7. The molecule has 9 nitrogen and oxygen atoms in total. The minimum Gasteiger partial charge on any atom is -0.395 e. The maximum Gasteiger partial charge on any atom is 0.268 e. The number of nitrogens with zero attached hydrogens (tertiary/aromatic N) is 5. The number of aryl methyl sites for hydroxylation is 1. The first-order valence-electron chi connectivity index (χ1n) is 8.22. The summed E-state index contributed by atoms with van der Waals surface area (Å²) in [5, 5.41) is 16.6. The van der Waals surface area contributed by atoms with Crippen molar-refractivity contribution in [2.24, 2.45) is 0 Å². The zero-order chi connectivity index (χ0) is 19.6. The molecule has 0 radical (unpaired) electrons. The lowest BCUT2D eigenvalue weighted by Crippen LogP contribution is -2.25. The Hall–Kier alpha value is -3.09. The summed E-state index contributed by atoms with van der Waals surface area (Å²) in [6, 6.07) is 3.49. The number of nitrogens with one attached hydrogen (secondary N) is 1. The number of pyridine rings is 1. The molecule has 0 bridgehead atoms. The number of aliphatic hydroxyl groups is 1. The van der Waals surface area contributed by atoms with Gasteiger partial charge in [0.15, 0.2) is 5.65 Å². The molecular formula is C17H18ClN7O2. The van der Waals surface area contributed by atoms with Crippen LogP contribution in [0.4, 0.5) is 17.3 Å². The van der Waals surface area contributed by atoms with E-state index in [1.165, 1.54) is 9.08 Å². The average Bonchev–Trinajstić information content (AvgIpc) is 2.94. The molecule has 3 heterocycles. The zero-order valence-corrected chi connectivity index (χ0v) is 15.4. The summed E-state index contributed by atoms with van der Waals surface area (Å²) >= 11 is 6.21. The van der Waals surface area contributed by atoms with Crippen LogP contribution < -0.4 is 16.6 Å². The third kappa shape index (κ3) is 3.45. The van der Waals surface area contributed by atoms with E-state index in [-0.39, 0.29) is 30.2 Å². The SMILES string of the molecule is [C-]#[N+]c1c(NCCc2cccn(CCO)c2=O)nc2c(Cl)c(C)nn2c1N. The average molecular weight is 388 g/mol. The summed E-state index contributed by atoms with van der Waals surface area (Å²) < 4.78 is 2.80. The molecule has 140 valence electrons. The lowest BCUT2D eigenvalue weighted by atomic mass is 10.2. The van der Waals surface area contributed by atoms with Crippen molar-refractivity contribution in [1.82, 2.24) is 19.2 Å². The van der Waals surface area contributed by atoms with Crippen molar-refractivity contribution in [1.29, 1.82) is 0 Å². The van der Waals surface area contributed by atoms with Gasteiger partial charge in [-0.25, -0.2) is 14.3 Å². The lowest BCUT2D eigenvalue weighted by Gasteiger charge is -2.11. The molecule has 0 atom stereocenters. The Bertz CT molecular complexity index is 1100. The Labute approximate surface area is 159 Å². The Morgan fingerprint density at radius 3 is 2.96 bits per heavy atom. The quantitative estimate of drug-likeness (QED) is 0.554. The van der Waals surface area contributed by atoms with E-state index in [0.29, 0.717) is 40.7 Å². The highest BCUT2D eigenvalue weighted by molar-refractivity contribution is 6.34. The van der Waals surface area contributed by atoms with Crippen LogP contribution in [0.1, 0.15) is 11.3 Å². The van der Waals surface area contributed by atoms with E-state index in [0.717, 1.165) is 0 Å². The number of halogens is 1. The van der Waals surface area contributed by atoms with Crippen molar-refractivity contribution in [2.75, 3.05) is 24.2 Å². The third-order valence-corrected chi connectivity index (χ3v) is 4.56. The van der Waals surface area contributed by atoms with Gasteiger partial charge >= 0.3 is 0 Å². The minimum atomic E-state index is -0.156. The maximum absolute atomic E-state index is 12.3. The van der Waals surface area contributed by atoms with Crippen molar-refractivity contribution in [3.63, 3.8) is 0 Å². The Morgan fingerprint density at radius 2 is 2.26 bits per heavy atom. The number of rotatable bonds is 6. The Kier molecular flexibility index (Phi) is 5.30. The first-order valence-corrected chi connectivity index (χ1v) is 8.60. The Morgan fingerprint density at radius 1 is 1.48 bits per heavy atom. The molecule has 3 aromatic rings. The molecule has 3 rings (SSSR count). The number of aromatic nitrogens is 4. The highest BCUT2D eigenvalue weighted by Gasteiger charge is 2.18. The fraction of sp³-hybridized carbons (Fsp3) is 0.294. The molecule has 0 fully saturated rings. The number of hydrogen-bond acceptors (Lipinski definition) is 6. The van der Waals surface area contributed by atoms with Gasteiger partial charge in [-0.3, -0.25) is 4.79 Å². The molecule has 0 amide bonds. The molecule has 0 saturated heterocycles. The van der Waals surface area contributed by atoms with Crippen molar-refractivity contribution < 1.29 is 5.11 Å². The predicted molar refractivity (Wildman–Crippen MR) is 103 cm³/mol. The molecule has 0 saturated carbocycles. The lowest BCUT2D eigenvalue weighted by molar-refractivity contribution is 0.274. The second-order valence-corrected chi connectivity index (χ2v) is 6.25. The Balaban J connectivity index is 1.86. The second kappa shape index (κ2) is 7.65. The first-order chi connectivity index (χ1) is 13.0. The topological polar surface area (TPSA) is 115 Å². The van der Waals surface area contributed by atoms with Gasteiger partial charge in [-0.2, -0.15) is 5.10 Å². The van der Waals surface area contributed by atoms with E-state index in [1.807, 2.05) is 0 Å². The zero-order valence-electron chi connectivity index (χ0n) is 14.6. The van der Waals surface area contributed by atoms with Crippen LogP contribution in [0.15, 0.2) is 23.1 Å². The van der Waals surface area contributed by atoms with Crippen LogP contribution in [0.2, 0.25) is 5.02 Å². The highest BCUT2D eigenvalue weighted by atomic mass is 35.5.